The second kappa shape index (κ2) is 7.87. The third kappa shape index (κ3) is 3.90. The summed E-state index contributed by atoms with van der Waals surface area (Å²) >= 11 is 0. The average Bonchev–Trinajstić information content (AvgIpc) is 3.22. The molecule has 1 saturated heterocycles. The maximum absolute atomic E-state index is 13.1. The summed E-state index contributed by atoms with van der Waals surface area (Å²) in [5.74, 6) is 0.122. The number of amides is 1. The Balaban J connectivity index is 1.75. The van der Waals surface area contributed by atoms with Crippen molar-refractivity contribution in [3.63, 3.8) is 0 Å². The summed E-state index contributed by atoms with van der Waals surface area (Å²) in [7, 11) is 0. The number of fused-ring (bicyclic) bond motifs is 1. The Kier molecular flexibility index (Phi) is 5.79. The molecule has 1 fully saturated rings. The third-order valence-corrected chi connectivity index (χ3v) is 5.50. The van der Waals surface area contributed by atoms with Gasteiger partial charge in [-0.2, -0.15) is 0 Å². The van der Waals surface area contributed by atoms with Crippen LogP contribution in [0.5, 0.6) is 0 Å². The number of rotatable bonds is 6. The van der Waals surface area contributed by atoms with E-state index < -0.39 is 0 Å². The molecule has 140 valence electrons. The molecule has 0 unspecified atom stereocenters. The van der Waals surface area contributed by atoms with Crippen LogP contribution in [0.1, 0.15) is 64.0 Å². The summed E-state index contributed by atoms with van der Waals surface area (Å²) in [4.78, 5) is 22.5. The molecule has 2 aliphatic heterocycles. The van der Waals surface area contributed by atoms with Crippen LogP contribution in [-0.4, -0.2) is 64.0 Å². The van der Waals surface area contributed by atoms with Crippen LogP contribution >= 0.6 is 0 Å². The highest BCUT2D eigenvalue weighted by Crippen LogP contribution is 2.32. The lowest BCUT2D eigenvalue weighted by Crippen LogP contribution is -2.49. The minimum Gasteiger partial charge on any atom is -0.353 e. The first kappa shape index (κ1) is 18.4. The second-order valence-corrected chi connectivity index (χ2v) is 7.90. The van der Waals surface area contributed by atoms with Crippen LogP contribution < -0.4 is 5.32 Å². The zero-order chi connectivity index (χ0) is 18.0. The highest BCUT2D eigenvalue weighted by molar-refractivity contribution is 5.83. The van der Waals surface area contributed by atoms with Gasteiger partial charge in [0.05, 0.1) is 17.7 Å². The summed E-state index contributed by atoms with van der Waals surface area (Å²) in [6, 6.07) is 0.411. The lowest BCUT2D eigenvalue weighted by Gasteiger charge is -2.38. The Morgan fingerprint density at radius 1 is 1.20 bits per heavy atom. The molecule has 2 aliphatic rings. The molecule has 25 heavy (non-hydrogen) atoms. The van der Waals surface area contributed by atoms with E-state index in [0.717, 1.165) is 37.4 Å². The van der Waals surface area contributed by atoms with Gasteiger partial charge in [-0.15, -0.1) is 0 Å². The van der Waals surface area contributed by atoms with Crippen molar-refractivity contribution in [3.05, 3.63) is 17.7 Å². The zero-order valence-corrected chi connectivity index (χ0v) is 16.2. The molecule has 0 radical (unpaired) electrons. The number of imidazole rings is 1. The van der Waals surface area contributed by atoms with E-state index in [9.17, 15) is 4.79 Å². The summed E-state index contributed by atoms with van der Waals surface area (Å²) in [6.45, 7) is 13.6. The first-order valence-corrected chi connectivity index (χ1v) is 9.80. The molecule has 3 heterocycles. The van der Waals surface area contributed by atoms with Crippen molar-refractivity contribution in [2.45, 2.75) is 65.1 Å². The van der Waals surface area contributed by atoms with Gasteiger partial charge in [-0.1, -0.05) is 0 Å². The van der Waals surface area contributed by atoms with E-state index in [4.69, 9.17) is 0 Å². The second-order valence-electron chi connectivity index (χ2n) is 7.90. The van der Waals surface area contributed by atoms with Crippen molar-refractivity contribution in [1.29, 1.82) is 0 Å². The molecule has 1 N–H and O–H groups in total. The van der Waals surface area contributed by atoms with Crippen molar-refractivity contribution < 1.29 is 4.79 Å². The highest BCUT2D eigenvalue weighted by atomic mass is 16.2. The fraction of sp³-hybridized carbons (Fsp3) is 0.789. The molecule has 0 aromatic carbocycles. The minimum atomic E-state index is -0.229. The summed E-state index contributed by atoms with van der Waals surface area (Å²) in [5, 5.41) is 3.20. The summed E-state index contributed by atoms with van der Waals surface area (Å²) in [6.07, 6.45) is 5.40. The van der Waals surface area contributed by atoms with Crippen LogP contribution in [0, 0.1) is 0 Å². The number of hydrogen-bond acceptors (Lipinski definition) is 4. The van der Waals surface area contributed by atoms with Crippen LogP contribution in [0.2, 0.25) is 0 Å². The zero-order valence-electron chi connectivity index (χ0n) is 16.2. The van der Waals surface area contributed by atoms with Crippen molar-refractivity contribution in [3.8, 4) is 0 Å². The van der Waals surface area contributed by atoms with Crippen LogP contribution in [-0.2, 0) is 11.2 Å². The fourth-order valence-corrected chi connectivity index (χ4v) is 4.10. The first-order valence-electron chi connectivity index (χ1n) is 9.80. The normalized spacial score (nSPS) is 21.9. The maximum atomic E-state index is 13.1. The van der Waals surface area contributed by atoms with Gasteiger partial charge >= 0.3 is 0 Å². The topological polar surface area (TPSA) is 53.4 Å². The molecule has 0 spiro atoms. The predicted octanol–water partition coefficient (Wildman–Crippen LogP) is 1.98. The van der Waals surface area contributed by atoms with Gasteiger partial charge in [0.1, 0.15) is 6.04 Å². The lowest BCUT2D eigenvalue weighted by atomic mass is 9.99. The minimum absolute atomic E-state index is 0.122. The van der Waals surface area contributed by atoms with E-state index in [1.165, 1.54) is 25.9 Å². The van der Waals surface area contributed by atoms with E-state index >= 15 is 0 Å². The van der Waals surface area contributed by atoms with Gasteiger partial charge in [-0.3, -0.25) is 9.69 Å². The molecule has 0 bridgehead atoms. The van der Waals surface area contributed by atoms with Crippen molar-refractivity contribution in [2.75, 3.05) is 32.7 Å². The van der Waals surface area contributed by atoms with Crippen molar-refractivity contribution in [1.82, 2.24) is 24.7 Å². The van der Waals surface area contributed by atoms with Crippen LogP contribution in [0.4, 0.5) is 0 Å². The van der Waals surface area contributed by atoms with Gasteiger partial charge in [0.15, 0.2) is 0 Å². The van der Waals surface area contributed by atoms with E-state index in [0.29, 0.717) is 12.1 Å². The Hall–Kier alpha value is -1.40. The quantitative estimate of drug-likeness (QED) is 0.855. The van der Waals surface area contributed by atoms with Gasteiger partial charge < -0.3 is 14.8 Å². The monoisotopic (exact) mass is 347 g/mol. The molecule has 6 nitrogen and oxygen atoms in total. The average molecular weight is 348 g/mol. The SMILES string of the molecule is CC(C)N1CCc2ncn(C(C)C)c2[C@@H]1C(=O)NCCN1CCCC1. The van der Waals surface area contributed by atoms with Crippen molar-refractivity contribution >= 4 is 5.91 Å². The Morgan fingerprint density at radius 3 is 2.56 bits per heavy atom. The number of nitrogens with zero attached hydrogens (tertiary/aromatic N) is 4. The van der Waals surface area contributed by atoms with E-state index in [1.807, 2.05) is 6.33 Å². The molecule has 3 rings (SSSR count). The van der Waals surface area contributed by atoms with Gasteiger partial charge in [0.25, 0.3) is 0 Å². The van der Waals surface area contributed by atoms with Gasteiger partial charge in [-0.25, -0.2) is 4.98 Å². The lowest BCUT2D eigenvalue weighted by molar-refractivity contribution is -0.128. The molecule has 0 saturated carbocycles. The van der Waals surface area contributed by atoms with E-state index in [1.54, 1.807) is 0 Å². The number of hydrogen-bond donors (Lipinski definition) is 1. The third-order valence-electron chi connectivity index (χ3n) is 5.50. The van der Waals surface area contributed by atoms with Crippen LogP contribution in [0.3, 0.4) is 0 Å². The molecular formula is C19H33N5O. The molecule has 0 aliphatic carbocycles. The Morgan fingerprint density at radius 2 is 1.92 bits per heavy atom. The standard InChI is InChI=1S/C19H33N5O/c1-14(2)23-11-7-16-17(24(13-21-16)15(3)4)18(23)19(25)20-8-12-22-9-5-6-10-22/h13-15,18H,5-12H2,1-4H3,(H,20,25)/t18-/m1/s1. The molecule has 6 heteroatoms. The first-order chi connectivity index (χ1) is 12.0. The molecule has 1 atom stereocenters. The van der Waals surface area contributed by atoms with Gasteiger partial charge in [0, 0.05) is 38.1 Å². The van der Waals surface area contributed by atoms with Gasteiger partial charge in [-0.05, 0) is 53.6 Å². The van der Waals surface area contributed by atoms with Crippen LogP contribution in [0.15, 0.2) is 6.33 Å². The van der Waals surface area contributed by atoms with Crippen LogP contribution in [0.25, 0.3) is 0 Å². The number of carbonyl (C=O) groups is 1. The Bertz CT molecular complexity index is 589. The Labute approximate surface area is 151 Å². The number of likely N-dealkylation sites (tertiary alicyclic amines) is 1. The predicted molar refractivity (Wildman–Crippen MR) is 99.6 cm³/mol. The molecule has 1 aromatic heterocycles. The summed E-state index contributed by atoms with van der Waals surface area (Å²) in [5.41, 5.74) is 2.18. The largest absolute Gasteiger partial charge is 0.353 e. The summed E-state index contributed by atoms with van der Waals surface area (Å²) < 4.78 is 2.18. The van der Waals surface area contributed by atoms with Crippen molar-refractivity contribution in [2.24, 2.45) is 0 Å². The fourth-order valence-electron chi connectivity index (χ4n) is 4.10. The number of aromatic nitrogens is 2. The smallest absolute Gasteiger partial charge is 0.243 e. The van der Waals surface area contributed by atoms with E-state index in [-0.39, 0.29) is 11.9 Å². The molecule has 1 aromatic rings. The molecule has 1 amide bonds. The van der Waals surface area contributed by atoms with E-state index in [2.05, 4.69) is 52.4 Å². The maximum Gasteiger partial charge on any atom is 0.243 e. The highest BCUT2D eigenvalue weighted by Gasteiger charge is 2.38. The molecular weight excluding hydrogens is 314 g/mol. The van der Waals surface area contributed by atoms with Gasteiger partial charge in [0.2, 0.25) is 5.91 Å². The number of nitrogens with one attached hydrogen (secondary N) is 1. The number of carbonyl (C=O) groups excluding carboxylic acids is 1.